The van der Waals surface area contributed by atoms with Gasteiger partial charge in [0.15, 0.2) is 5.54 Å². The van der Waals surface area contributed by atoms with Crippen LogP contribution in [0.4, 0.5) is 49.9 Å². The molecule has 0 bridgehead atoms. The Labute approximate surface area is 394 Å². The zero-order chi connectivity index (χ0) is 47.8. The quantitative estimate of drug-likeness (QED) is 0.126. The maximum absolute atomic E-state index is 14.0. The van der Waals surface area contributed by atoms with Crippen LogP contribution in [0.5, 0.6) is 0 Å². The third kappa shape index (κ3) is 8.49. The number of benzene rings is 6. The molecule has 15 heteroatoms. The SMILES string of the molecule is Cc1ccc(N2C(=O)N(c3ccc(C)cc3)C(O)(c3cccc(C(F)F)c3)C23COC3)cc1.Cc1ccc(N2C(=O)N(c3ccc(C)cc3)C3(COC3)C2=O)cc1.FC(F)c1cccc(Br)c1. The van der Waals surface area contributed by atoms with Gasteiger partial charge in [0.1, 0.15) is 5.54 Å². The number of alkyl halides is 4. The number of urea groups is 2. The molecule has 6 aromatic rings. The van der Waals surface area contributed by atoms with Gasteiger partial charge < -0.3 is 14.6 Å². The number of hydrogen-bond acceptors (Lipinski definition) is 6. The number of halogens is 5. The van der Waals surface area contributed by atoms with Gasteiger partial charge in [0, 0.05) is 38.2 Å². The molecule has 0 radical (unpaired) electrons. The lowest BCUT2D eigenvalue weighted by atomic mass is 9.78. The summed E-state index contributed by atoms with van der Waals surface area (Å²) in [5.41, 5.74) is 2.58. The molecule has 0 aromatic heterocycles. The second-order valence-electron chi connectivity index (χ2n) is 17.1. The molecule has 4 aliphatic heterocycles. The topological polar surface area (TPSA) is 103 Å². The van der Waals surface area contributed by atoms with Crippen LogP contribution < -0.4 is 19.6 Å². The Kier molecular flexibility index (Phi) is 13.2. The number of rotatable bonds is 7. The number of anilines is 4. The third-order valence-electron chi connectivity index (χ3n) is 12.4. The number of amides is 5. The Morgan fingerprint density at radius 3 is 1.34 bits per heavy atom. The van der Waals surface area contributed by atoms with Gasteiger partial charge in [0.05, 0.1) is 32.1 Å². The van der Waals surface area contributed by atoms with Gasteiger partial charge in [-0.2, -0.15) is 0 Å². The van der Waals surface area contributed by atoms with E-state index >= 15 is 0 Å². The first kappa shape index (κ1) is 47.1. The minimum atomic E-state index is -2.71. The molecule has 2 spiro atoms. The van der Waals surface area contributed by atoms with Crippen molar-refractivity contribution < 1.29 is 46.5 Å². The van der Waals surface area contributed by atoms with E-state index in [1.807, 2.05) is 100 Å². The number of hydrogen-bond donors (Lipinski definition) is 1. The highest BCUT2D eigenvalue weighted by Crippen LogP contribution is 2.54. The van der Waals surface area contributed by atoms with Crippen molar-refractivity contribution >= 4 is 56.6 Å². The van der Waals surface area contributed by atoms with E-state index < -0.39 is 35.7 Å². The normalized spacial score (nSPS) is 19.1. The maximum Gasteiger partial charge on any atom is 0.337 e. The smallest absolute Gasteiger partial charge is 0.337 e. The molecule has 5 amide bonds. The van der Waals surface area contributed by atoms with Crippen molar-refractivity contribution in [2.45, 2.75) is 57.3 Å². The van der Waals surface area contributed by atoms with E-state index in [0.29, 0.717) is 21.5 Å². The Morgan fingerprint density at radius 2 is 0.940 bits per heavy atom. The molecule has 346 valence electrons. The largest absolute Gasteiger partial charge is 0.376 e. The molecule has 1 atom stereocenters. The first-order valence-electron chi connectivity index (χ1n) is 21.4. The summed E-state index contributed by atoms with van der Waals surface area (Å²) in [4.78, 5) is 45.8. The molecule has 10 rings (SSSR count). The number of carbonyl (C=O) groups excluding carboxylic acids is 3. The average molecular weight is 980 g/mol. The van der Waals surface area contributed by atoms with Crippen molar-refractivity contribution in [3.05, 3.63) is 189 Å². The highest BCUT2D eigenvalue weighted by Gasteiger charge is 2.72. The first-order chi connectivity index (χ1) is 32.0. The molecular formula is C52H47BrF4N4O6. The van der Waals surface area contributed by atoms with Crippen molar-refractivity contribution in [3.63, 3.8) is 0 Å². The number of aliphatic hydroxyl groups is 1. The van der Waals surface area contributed by atoms with Gasteiger partial charge in [-0.15, -0.1) is 0 Å². The predicted octanol–water partition coefficient (Wildman–Crippen LogP) is 11.7. The summed E-state index contributed by atoms with van der Waals surface area (Å²) in [7, 11) is 0. The second kappa shape index (κ2) is 18.7. The lowest BCUT2D eigenvalue weighted by molar-refractivity contribution is -0.153. The predicted molar refractivity (Wildman–Crippen MR) is 252 cm³/mol. The minimum absolute atomic E-state index is 0.0503. The second-order valence-corrected chi connectivity index (χ2v) is 18.0. The van der Waals surface area contributed by atoms with E-state index in [4.69, 9.17) is 9.47 Å². The summed E-state index contributed by atoms with van der Waals surface area (Å²) < 4.78 is 62.5. The van der Waals surface area contributed by atoms with E-state index in [-0.39, 0.29) is 55.1 Å². The van der Waals surface area contributed by atoms with Crippen LogP contribution in [0.3, 0.4) is 0 Å². The fourth-order valence-electron chi connectivity index (χ4n) is 8.58. The van der Waals surface area contributed by atoms with Gasteiger partial charge in [0.2, 0.25) is 5.72 Å². The molecule has 1 unspecified atom stereocenters. The van der Waals surface area contributed by atoms with Gasteiger partial charge in [-0.05, 0) is 94.4 Å². The molecule has 1 N–H and O–H groups in total. The van der Waals surface area contributed by atoms with E-state index in [0.717, 1.165) is 27.9 Å². The Bertz CT molecular complexity index is 2770. The van der Waals surface area contributed by atoms with Crippen LogP contribution in [0.15, 0.2) is 150 Å². The fraction of sp³-hybridized carbons (Fsp3) is 0.250. The van der Waals surface area contributed by atoms with Crippen molar-refractivity contribution in [3.8, 4) is 0 Å². The van der Waals surface area contributed by atoms with Crippen LogP contribution in [-0.2, 0) is 20.0 Å². The van der Waals surface area contributed by atoms with Crippen molar-refractivity contribution in [2.75, 3.05) is 46.0 Å². The highest BCUT2D eigenvalue weighted by atomic mass is 79.9. The molecule has 10 nitrogen and oxygen atoms in total. The number of nitrogens with zero attached hydrogens (tertiary/aromatic N) is 4. The number of aryl methyl sites for hydroxylation is 4. The van der Waals surface area contributed by atoms with Crippen LogP contribution in [0, 0.1) is 27.7 Å². The standard InChI is InChI=1S/C26H24F2N2O3.C19H18N2O3.C7H5BrF2/c1-17-6-10-21(11-7-17)29-24(31)30(22-12-8-18(2)9-13-22)26(32,25(29)15-33-16-25)20-5-3-4-19(14-20)23(27)28;1-13-3-7-15(8-4-13)20-17(22)19(11-24-12-19)21(18(20)23)16-9-5-14(2)6-10-16;8-6-3-1-2-5(4-6)7(9)10/h3-14,23,32H,15-16H2,1-2H3;3-10H,11-12H2,1-2H3;1-4,7H. The molecule has 0 saturated carbocycles. The summed E-state index contributed by atoms with van der Waals surface area (Å²) in [5.74, 6) is -0.219. The van der Waals surface area contributed by atoms with Crippen molar-refractivity contribution in [1.82, 2.24) is 0 Å². The number of carbonyl (C=O) groups is 3. The third-order valence-corrected chi connectivity index (χ3v) is 12.9. The zero-order valence-corrected chi connectivity index (χ0v) is 38.6. The van der Waals surface area contributed by atoms with E-state index in [2.05, 4.69) is 15.9 Å². The van der Waals surface area contributed by atoms with Gasteiger partial charge in [-0.1, -0.05) is 117 Å². The van der Waals surface area contributed by atoms with Gasteiger partial charge in [-0.3, -0.25) is 19.5 Å². The van der Waals surface area contributed by atoms with Gasteiger partial charge in [0.25, 0.3) is 18.8 Å². The summed E-state index contributed by atoms with van der Waals surface area (Å²) in [5, 5.41) is 12.4. The molecule has 6 aromatic carbocycles. The van der Waals surface area contributed by atoms with Crippen molar-refractivity contribution in [2.24, 2.45) is 0 Å². The molecule has 4 heterocycles. The molecule has 4 aliphatic rings. The van der Waals surface area contributed by atoms with Crippen LogP contribution in [-0.4, -0.2) is 60.6 Å². The summed E-state index contributed by atoms with van der Waals surface area (Å²) >= 11 is 3.10. The minimum Gasteiger partial charge on any atom is -0.376 e. The van der Waals surface area contributed by atoms with E-state index in [1.54, 1.807) is 52.3 Å². The summed E-state index contributed by atoms with van der Waals surface area (Å²) in [6.07, 6.45) is -5.09. The van der Waals surface area contributed by atoms with E-state index in [9.17, 15) is 37.1 Å². The Balaban J connectivity index is 0.000000156. The van der Waals surface area contributed by atoms with Crippen LogP contribution in [0.1, 0.15) is 51.8 Å². The zero-order valence-electron chi connectivity index (χ0n) is 37.0. The summed E-state index contributed by atoms with van der Waals surface area (Å²) in [6.45, 7) is 8.41. The van der Waals surface area contributed by atoms with Crippen LogP contribution in [0.25, 0.3) is 0 Å². The van der Waals surface area contributed by atoms with Crippen LogP contribution >= 0.6 is 15.9 Å². The molecule has 67 heavy (non-hydrogen) atoms. The molecular weight excluding hydrogens is 932 g/mol. The van der Waals surface area contributed by atoms with Gasteiger partial charge in [-0.25, -0.2) is 32.1 Å². The lowest BCUT2D eigenvalue weighted by Crippen LogP contribution is -2.70. The maximum atomic E-state index is 14.0. The molecule has 4 fully saturated rings. The Morgan fingerprint density at radius 1 is 0.522 bits per heavy atom. The number of ether oxygens (including phenoxy) is 2. The monoisotopic (exact) mass is 978 g/mol. The Hall–Kier alpha value is -6.39. The highest BCUT2D eigenvalue weighted by molar-refractivity contribution is 9.10. The summed E-state index contributed by atoms with van der Waals surface area (Å²) in [6, 6.07) is 40.6. The lowest BCUT2D eigenvalue weighted by Gasteiger charge is -2.51. The first-order valence-corrected chi connectivity index (χ1v) is 22.2. The van der Waals surface area contributed by atoms with E-state index in [1.165, 1.54) is 40.1 Å². The number of imide groups is 1. The van der Waals surface area contributed by atoms with Crippen LogP contribution in [0.2, 0.25) is 0 Å². The fourth-order valence-corrected chi connectivity index (χ4v) is 9.00. The average Bonchev–Trinajstić information content (AvgIpc) is 3.66. The van der Waals surface area contributed by atoms with Crippen molar-refractivity contribution in [1.29, 1.82) is 0 Å². The molecule has 0 aliphatic carbocycles. The molecule has 4 saturated heterocycles. The van der Waals surface area contributed by atoms with Gasteiger partial charge >= 0.3 is 12.1 Å².